The van der Waals surface area contributed by atoms with Gasteiger partial charge in [-0.3, -0.25) is 14.5 Å². The molecule has 0 bridgehead atoms. The fraction of sp³-hybridized carbons (Fsp3) is 0.222. The highest BCUT2D eigenvalue weighted by Crippen LogP contribution is 2.31. The highest BCUT2D eigenvalue weighted by atomic mass is 32.2. The summed E-state index contributed by atoms with van der Waals surface area (Å²) < 4.78 is 0. The highest BCUT2D eigenvalue weighted by molar-refractivity contribution is 8.15. The third-order valence-electron chi connectivity index (χ3n) is 3.62. The summed E-state index contributed by atoms with van der Waals surface area (Å²) >= 11 is 1.31. The zero-order valence-electron chi connectivity index (χ0n) is 13.8. The van der Waals surface area contributed by atoms with Gasteiger partial charge in [0, 0.05) is 24.8 Å². The molecule has 6 nitrogen and oxygen atoms in total. The van der Waals surface area contributed by atoms with Crippen molar-refractivity contribution < 1.29 is 9.59 Å². The van der Waals surface area contributed by atoms with Gasteiger partial charge in [-0.1, -0.05) is 36.0 Å². The van der Waals surface area contributed by atoms with E-state index in [9.17, 15) is 9.59 Å². The molecule has 1 aromatic carbocycles. The quantitative estimate of drug-likeness (QED) is 0.895. The van der Waals surface area contributed by atoms with Gasteiger partial charge >= 0.3 is 0 Å². The molecular weight excluding hydrogens is 336 g/mol. The van der Waals surface area contributed by atoms with Gasteiger partial charge in [0.1, 0.15) is 5.25 Å². The number of nitrogens with zero attached hydrogens (tertiary/aromatic N) is 3. The zero-order valence-corrected chi connectivity index (χ0v) is 14.6. The second kappa shape index (κ2) is 7.94. The topological polar surface area (TPSA) is 74.7 Å². The Morgan fingerprint density at radius 1 is 1.24 bits per heavy atom. The lowest BCUT2D eigenvalue weighted by Crippen LogP contribution is -2.33. The van der Waals surface area contributed by atoms with E-state index >= 15 is 0 Å². The molecule has 2 heterocycles. The first kappa shape index (κ1) is 17.2. The first-order chi connectivity index (χ1) is 12.2. The van der Waals surface area contributed by atoms with Gasteiger partial charge < -0.3 is 5.32 Å². The summed E-state index contributed by atoms with van der Waals surface area (Å²) in [6.07, 6.45) is 1.76. The molecule has 0 aliphatic carbocycles. The van der Waals surface area contributed by atoms with Gasteiger partial charge in [-0.15, -0.1) is 0 Å². The molecule has 0 unspecified atom stereocenters. The molecule has 1 atom stereocenters. The number of anilines is 1. The number of rotatable bonds is 5. The Balaban J connectivity index is 1.69. The smallest absolute Gasteiger partial charge is 0.242 e. The Morgan fingerprint density at radius 3 is 2.68 bits per heavy atom. The summed E-state index contributed by atoms with van der Waals surface area (Å²) in [6, 6.07) is 14.6. The normalized spacial score (nSPS) is 18.6. The first-order valence-corrected chi connectivity index (χ1v) is 8.88. The molecule has 0 radical (unpaired) electrons. The van der Waals surface area contributed by atoms with Crippen molar-refractivity contribution in [1.29, 1.82) is 0 Å². The Kier molecular flexibility index (Phi) is 5.45. The maximum atomic E-state index is 12.5. The number of aromatic nitrogens is 1. The summed E-state index contributed by atoms with van der Waals surface area (Å²) in [5.74, 6) is 0.267. The molecule has 0 spiro atoms. The van der Waals surface area contributed by atoms with Crippen molar-refractivity contribution in [3.05, 3.63) is 54.7 Å². The van der Waals surface area contributed by atoms with Gasteiger partial charge in [0.15, 0.2) is 11.0 Å². The number of hydrogen-bond acceptors (Lipinski definition) is 5. The van der Waals surface area contributed by atoms with Crippen molar-refractivity contribution in [2.24, 2.45) is 4.99 Å². The molecule has 2 aromatic rings. The molecule has 1 aliphatic rings. The Bertz CT molecular complexity index is 780. The molecular formula is C18H18N4O2S. The second-order valence-corrected chi connectivity index (χ2v) is 6.56. The number of amides is 2. The van der Waals surface area contributed by atoms with E-state index in [2.05, 4.69) is 15.3 Å². The molecule has 1 aromatic heterocycles. The van der Waals surface area contributed by atoms with Gasteiger partial charge in [0.2, 0.25) is 11.8 Å². The van der Waals surface area contributed by atoms with Gasteiger partial charge in [0.05, 0.1) is 0 Å². The molecule has 7 heteroatoms. The fourth-order valence-corrected chi connectivity index (χ4v) is 3.65. The van der Waals surface area contributed by atoms with Crippen LogP contribution in [-0.4, -0.2) is 38.7 Å². The average Bonchev–Trinajstić information content (AvgIpc) is 2.91. The molecule has 1 N–H and O–H groups in total. The molecule has 128 valence electrons. The SMILES string of the molecule is CCN1C(=O)[C@H](CC(=O)Nc2ccccc2)SC1=Nc1ccccn1. The van der Waals surface area contributed by atoms with E-state index in [4.69, 9.17) is 0 Å². The lowest BCUT2D eigenvalue weighted by Gasteiger charge is -2.13. The zero-order chi connectivity index (χ0) is 17.6. The molecule has 1 saturated heterocycles. The van der Waals surface area contributed by atoms with Crippen molar-refractivity contribution in [3.8, 4) is 0 Å². The second-order valence-electron chi connectivity index (χ2n) is 5.39. The molecule has 3 rings (SSSR count). The van der Waals surface area contributed by atoms with Crippen LogP contribution < -0.4 is 5.32 Å². The summed E-state index contributed by atoms with van der Waals surface area (Å²) in [7, 11) is 0. The minimum Gasteiger partial charge on any atom is -0.326 e. The van der Waals surface area contributed by atoms with Gasteiger partial charge in [-0.05, 0) is 31.2 Å². The first-order valence-electron chi connectivity index (χ1n) is 8.00. The van der Waals surface area contributed by atoms with Gasteiger partial charge in [0.25, 0.3) is 0 Å². The Hall–Kier alpha value is -2.67. The Labute approximate surface area is 150 Å². The number of amidine groups is 1. The number of thioether (sulfide) groups is 1. The van der Waals surface area contributed by atoms with E-state index in [0.717, 1.165) is 5.69 Å². The lowest BCUT2D eigenvalue weighted by atomic mass is 10.2. The van der Waals surface area contributed by atoms with Gasteiger partial charge in [-0.25, -0.2) is 9.98 Å². The van der Waals surface area contributed by atoms with Crippen molar-refractivity contribution in [1.82, 2.24) is 9.88 Å². The van der Waals surface area contributed by atoms with Crippen molar-refractivity contribution in [2.45, 2.75) is 18.6 Å². The minimum absolute atomic E-state index is 0.0922. The molecule has 1 aliphatic heterocycles. The monoisotopic (exact) mass is 354 g/mol. The van der Waals surface area contributed by atoms with E-state index in [1.807, 2.05) is 49.4 Å². The van der Waals surface area contributed by atoms with Crippen LogP contribution in [0.4, 0.5) is 11.5 Å². The van der Waals surface area contributed by atoms with Crippen LogP contribution in [0, 0.1) is 0 Å². The predicted octanol–water partition coefficient (Wildman–Crippen LogP) is 3.06. The van der Waals surface area contributed by atoms with Crippen LogP contribution in [0.25, 0.3) is 0 Å². The third kappa shape index (κ3) is 4.24. The molecule has 2 amide bonds. The summed E-state index contributed by atoms with van der Waals surface area (Å²) in [5.41, 5.74) is 0.720. The number of carbonyl (C=O) groups is 2. The molecule has 25 heavy (non-hydrogen) atoms. The average molecular weight is 354 g/mol. The minimum atomic E-state index is -0.467. The number of para-hydroxylation sites is 1. The summed E-state index contributed by atoms with van der Waals surface area (Å²) in [4.78, 5) is 35.0. The van der Waals surface area contributed by atoms with E-state index in [1.54, 1.807) is 17.2 Å². The van der Waals surface area contributed by atoms with E-state index in [1.165, 1.54) is 11.8 Å². The van der Waals surface area contributed by atoms with Crippen LogP contribution >= 0.6 is 11.8 Å². The van der Waals surface area contributed by atoms with Crippen LogP contribution in [0.3, 0.4) is 0 Å². The molecule has 1 fully saturated rings. The van der Waals surface area contributed by atoms with Crippen LogP contribution in [0.15, 0.2) is 59.7 Å². The lowest BCUT2D eigenvalue weighted by molar-refractivity contribution is -0.128. The van der Waals surface area contributed by atoms with E-state index in [-0.39, 0.29) is 18.2 Å². The van der Waals surface area contributed by atoms with Crippen LogP contribution in [-0.2, 0) is 9.59 Å². The molecule has 0 saturated carbocycles. The Morgan fingerprint density at radius 2 is 2.00 bits per heavy atom. The maximum absolute atomic E-state index is 12.5. The number of carbonyl (C=O) groups excluding carboxylic acids is 2. The van der Waals surface area contributed by atoms with Crippen LogP contribution in [0.2, 0.25) is 0 Å². The number of pyridine rings is 1. The largest absolute Gasteiger partial charge is 0.326 e. The number of hydrogen-bond donors (Lipinski definition) is 1. The number of aliphatic imine (C=N–C) groups is 1. The van der Waals surface area contributed by atoms with Crippen LogP contribution in [0.1, 0.15) is 13.3 Å². The van der Waals surface area contributed by atoms with E-state index < -0.39 is 5.25 Å². The van der Waals surface area contributed by atoms with Crippen molar-refractivity contribution in [3.63, 3.8) is 0 Å². The van der Waals surface area contributed by atoms with Gasteiger partial charge in [-0.2, -0.15) is 0 Å². The van der Waals surface area contributed by atoms with Crippen molar-refractivity contribution in [2.75, 3.05) is 11.9 Å². The highest BCUT2D eigenvalue weighted by Gasteiger charge is 2.38. The summed E-state index contributed by atoms with van der Waals surface area (Å²) in [6.45, 7) is 2.40. The number of benzene rings is 1. The van der Waals surface area contributed by atoms with Crippen molar-refractivity contribution >= 4 is 40.2 Å². The maximum Gasteiger partial charge on any atom is 0.242 e. The standard InChI is InChI=1S/C18H18N4O2S/c1-2-22-17(24)14(12-16(23)20-13-8-4-3-5-9-13)25-18(22)21-15-10-6-7-11-19-15/h3-11,14H,2,12H2,1H3,(H,20,23)/t14-/m0/s1. The third-order valence-corrected chi connectivity index (χ3v) is 4.80. The van der Waals surface area contributed by atoms with E-state index in [0.29, 0.717) is 17.5 Å². The number of nitrogens with one attached hydrogen (secondary N) is 1. The predicted molar refractivity (Wildman–Crippen MR) is 99.8 cm³/mol. The summed E-state index contributed by atoms with van der Waals surface area (Å²) in [5, 5.41) is 2.93. The fourth-order valence-electron chi connectivity index (χ4n) is 2.44. The van der Waals surface area contributed by atoms with Crippen LogP contribution in [0.5, 0.6) is 0 Å².